The van der Waals surface area contributed by atoms with E-state index < -0.39 is 0 Å². The Morgan fingerprint density at radius 3 is 2.77 bits per heavy atom. The maximum Gasteiger partial charge on any atom is 0.317 e. The molecule has 2 N–H and O–H groups in total. The van der Waals surface area contributed by atoms with Crippen LogP contribution in [0.3, 0.4) is 0 Å². The number of anilines is 1. The number of hydrogen-bond donors (Lipinski definition) is 2. The van der Waals surface area contributed by atoms with E-state index >= 15 is 0 Å². The number of hydrogen-bond acceptors (Lipinski definition) is 4. The van der Waals surface area contributed by atoms with Crippen molar-refractivity contribution in [2.75, 3.05) is 44.6 Å². The quantitative estimate of drug-likeness (QED) is 0.850. The summed E-state index contributed by atoms with van der Waals surface area (Å²) >= 11 is 0. The predicted molar refractivity (Wildman–Crippen MR) is 96.3 cm³/mol. The van der Waals surface area contributed by atoms with Crippen LogP contribution in [0.1, 0.15) is 30.1 Å². The Bertz CT molecular complexity index is 706. The third-order valence-corrected chi connectivity index (χ3v) is 4.46. The van der Waals surface area contributed by atoms with Gasteiger partial charge in [0.05, 0.1) is 5.69 Å². The van der Waals surface area contributed by atoms with Crippen LogP contribution in [-0.2, 0) is 4.79 Å². The van der Waals surface area contributed by atoms with Crippen LogP contribution in [0.4, 0.5) is 10.5 Å². The molecule has 26 heavy (non-hydrogen) atoms. The van der Waals surface area contributed by atoms with Crippen molar-refractivity contribution in [2.24, 2.45) is 0 Å². The first-order chi connectivity index (χ1) is 12.6. The van der Waals surface area contributed by atoms with E-state index in [4.69, 9.17) is 4.74 Å². The molecule has 0 atom stereocenters. The number of ether oxygens (including phenoxy) is 1. The van der Waals surface area contributed by atoms with Gasteiger partial charge in [0.15, 0.2) is 6.61 Å². The Morgan fingerprint density at radius 2 is 1.96 bits per heavy atom. The summed E-state index contributed by atoms with van der Waals surface area (Å²) in [5.74, 6) is 0.227. The molecule has 2 aliphatic rings. The zero-order valence-corrected chi connectivity index (χ0v) is 14.9. The summed E-state index contributed by atoms with van der Waals surface area (Å²) in [6.45, 7) is 4.87. The smallest absolute Gasteiger partial charge is 0.317 e. The summed E-state index contributed by atoms with van der Waals surface area (Å²) in [5, 5.41) is 5.59. The van der Waals surface area contributed by atoms with Crippen molar-refractivity contribution in [2.45, 2.75) is 19.8 Å². The van der Waals surface area contributed by atoms with Crippen LogP contribution in [0.15, 0.2) is 18.2 Å². The van der Waals surface area contributed by atoms with Crippen LogP contribution < -0.4 is 15.4 Å². The minimum Gasteiger partial charge on any atom is -0.482 e. The lowest BCUT2D eigenvalue weighted by atomic mass is 10.1. The van der Waals surface area contributed by atoms with Crippen molar-refractivity contribution >= 4 is 23.5 Å². The molecule has 0 spiro atoms. The van der Waals surface area contributed by atoms with Crippen molar-refractivity contribution in [3.05, 3.63) is 23.8 Å². The Hall–Kier alpha value is -2.77. The Balaban J connectivity index is 1.64. The first kappa shape index (κ1) is 18.0. The second kappa shape index (κ2) is 8.07. The Morgan fingerprint density at radius 1 is 1.19 bits per heavy atom. The predicted octanol–water partition coefficient (Wildman–Crippen LogP) is 1.28. The molecule has 0 radical (unpaired) electrons. The number of carbonyl (C=O) groups excluding carboxylic acids is 3. The molecule has 140 valence electrons. The fraction of sp³-hybridized carbons (Fsp3) is 0.500. The molecule has 0 aliphatic carbocycles. The van der Waals surface area contributed by atoms with Gasteiger partial charge >= 0.3 is 6.03 Å². The number of nitrogens with zero attached hydrogens (tertiary/aromatic N) is 2. The third-order valence-electron chi connectivity index (χ3n) is 4.46. The van der Waals surface area contributed by atoms with E-state index in [9.17, 15) is 14.4 Å². The number of benzene rings is 1. The summed E-state index contributed by atoms with van der Waals surface area (Å²) in [4.78, 5) is 39.9. The van der Waals surface area contributed by atoms with Gasteiger partial charge in [0.2, 0.25) is 0 Å². The minimum atomic E-state index is -0.231. The second-order valence-electron chi connectivity index (χ2n) is 6.41. The molecule has 2 heterocycles. The summed E-state index contributed by atoms with van der Waals surface area (Å²) in [6, 6.07) is 4.97. The van der Waals surface area contributed by atoms with Crippen molar-refractivity contribution in [1.82, 2.24) is 15.1 Å². The van der Waals surface area contributed by atoms with Gasteiger partial charge in [0.1, 0.15) is 5.75 Å². The molecule has 8 nitrogen and oxygen atoms in total. The average Bonchev–Trinajstić information content (AvgIpc) is 2.91. The molecule has 0 aromatic heterocycles. The Kier molecular flexibility index (Phi) is 5.60. The lowest BCUT2D eigenvalue weighted by molar-refractivity contribution is -0.118. The van der Waals surface area contributed by atoms with E-state index in [1.807, 2.05) is 6.92 Å². The van der Waals surface area contributed by atoms with E-state index in [1.54, 1.807) is 28.0 Å². The van der Waals surface area contributed by atoms with E-state index in [-0.39, 0.29) is 24.5 Å². The molecular formula is C18H24N4O4. The first-order valence-electron chi connectivity index (χ1n) is 8.97. The third kappa shape index (κ3) is 4.07. The van der Waals surface area contributed by atoms with E-state index in [2.05, 4.69) is 10.6 Å². The molecule has 1 saturated heterocycles. The van der Waals surface area contributed by atoms with Crippen LogP contribution >= 0.6 is 0 Å². The fourth-order valence-corrected chi connectivity index (χ4v) is 3.07. The molecule has 0 unspecified atom stereocenters. The van der Waals surface area contributed by atoms with Crippen LogP contribution in [-0.4, -0.2) is 67.0 Å². The zero-order chi connectivity index (χ0) is 18.5. The van der Waals surface area contributed by atoms with Gasteiger partial charge in [-0.05, 0) is 31.0 Å². The lowest BCUT2D eigenvalue weighted by Crippen LogP contribution is -2.42. The highest BCUT2D eigenvalue weighted by atomic mass is 16.5. The standard InChI is InChI=1S/C18H24N4O4/c1-2-6-19-18(25)22-8-3-7-21(9-10-22)17(24)13-4-5-15-14(11-13)20-16(23)12-26-15/h4-5,11H,2-3,6-10,12H2,1H3,(H,19,25)(H,20,23). The Labute approximate surface area is 152 Å². The number of nitrogens with one attached hydrogen (secondary N) is 2. The van der Waals surface area contributed by atoms with Crippen molar-refractivity contribution in [3.8, 4) is 5.75 Å². The normalized spacial score (nSPS) is 16.9. The number of fused-ring (bicyclic) bond motifs is 1. The minimum absolute atomic E-state index is 0.0116. The molecule has 3 rings (SSSR count). The van der Waals surface area contributed by atoms with Gasteiger partial charge in [-0.2, -0.15) is 0 Å². The number of amides is 4. The monoisotopic (exact) mass is 360 g/mol. The van der Waals surface area contributed by atoms with Gasteiger partial charge in [-0.1, -0.05) is 6.92 Å². The maximum absolute atomic E-state index is 12.8. The molecule has 1 aromatic carbocycles. The highest BCUT2D eigenvalue weighted by Gasteiger charge is 2.24. The molecule has 1 fully saturated rings. The summed E-state index contributed by atoms with van der Waals surface area (Å²) < 4.78 is 5.32. The van der Waals surface area contributed by atoms with E-state index in [0.29, 0.717) is 49.7 Å². The zero-order valence-electron chi connectivity index (χ0n) is 14.9. The van der Waals surface area contributed by atoms with E-state index in [1.165, 1.54) is 0 Å². The van der Waals surface area contributed by atoms with Gasteiger partial charge in [-0.3, -0.25) is 9.59 Å². The molecule has 8 heteroatoms. The van der Waals surface area contributed by atoms with Gasteiger partial charge in [0.25, 0.3) is 11.8 Å². The molecule has 0 bridgehead atoms. The van der Waals surface area contributed by atoms with Crippen LogP contribution in [0.25, 0.3) is 0 Å². The summed E-state index contributed by atoms with van der Waals surface area (Å²) in [6.07, 6.45) is 1.62. The molecule has 4 amide bonds. The van der Waals surface area contributed by atoms with Crippen molar-refractivity contribution in [1.29, 1.82) is 0 Å². The molecule has 2 aliphatic heterocycles. The summed E-state index contributed by atoms with van der Waals surface area (Å²) in [5.41, 5.74) is 1.01. The van der Waals surface area contributed by atoms with E-state index in [0.717, 1.165) is 12.8 Å². The topological polar surface area (TPSA) is 91.0 Å². The van der Waals surface area contributed by atoms with Crippen molar-refractivity contribution < 1.29 is 19.1 Å². The second-order valence-corrected chi connectivity index (χ2v) is 6.41. The van der Waals surface area contributed by atoms with Crippen molar-refractivity contribution in [3.63, 3.8) is 0 Å². The highest BCUT2D eigenvalue weighted by molar-refractivity contribution is 5.99. The van der Waals surface area contributed by atoms with Gasteiger partial charge in [-0.15, -0.1) is 0 Å². The lowest BCUT2D eigenvalue weighted by Gasteiger charge is -2.23. The van der Waals surface area contributed by atoms with Gasteiger partial charge < -0.3 is 25.2 Å². The summed E-state index contributed by atoms with van der Waals surface area (Å²) in [7, 11) is 0. The van der Waals surface area contributed by atoms with Gasteiger partial charge in [0, 0.05) is 38.3 Å². The van der Waals surface area contributed by atoms with Gasteiger partial charge in [-0.25, -0.2) is 4.79 Å². The number of urea groups is 1. The maximum atomic E-state index is 12.8. The average molecular weight is 360 g/mol. The largest absolute Gasteiger partial charge is 0.482 e. The first-order valence-corrected chi connectivity index (χ1v) is 8.97. The molecule has 1 aromatic rings. The van der Waals surface area contributed by atoms with Crippen LogP contribution in [0, 0.1) is 0 Å². The SMILES string of the molecule is CCCNC(=O)N1CCCN(C(=O)c2ccc3c(c2)NC(=O)CO3)CC1. The number of rotatable bonds is 3. The van der Waals surface area contributed by atoms with Crippen LogP contribution in [0.2, 0.25) is 0 Å². The fourth-order valence-electron chi connectivity index (χ4n) is 3.07. The highest BCUT2D eigenvalue weighted by Crippen LogP contribution is 2.29. The van der Waals surface area contributed by atoms with Crippen LogP contribution in [0.5, 0.6) is 5.75 Å². The number of carbonyl (C=O) groups is 3. The molecular weight excluding hydrogens is 336 g/mol. The molecule has 0 saturated carbocycles.